The van der Waals surface area contributed by atoms with E-state index in [4.69, 9.17) is 17.3 Å². The lowest BCUT2D eigenvalue weighted by molar-refractivity contribution is 0.0386. The minimum absolute atomic E-state index is 0.0378. The topological polar surface area (TPSA) is 66.6 Å². The summed E-state index contributed by atoms with van der Waals surface area (Å²) >= 11 is 5.96. The molecule has 1 aromatic carbocycles. The van der Waals surface area contributed by atoms with E-state index < -0.39 is 0 Å². The van der Waals surface area contributed by atoms with Crippen molar-refractivity contribution in [3.8, 4) is 5.75 Å². The van der Waals surface area contributed by atoms with Gasteiger partial charge in [-0.15, -0.1) is 0 Å². The maximum atomic E-state index is 12.2. The molecule has 0 aliphatic carbocycles. The Hall–Kier alpha value is -1.26. The molecule has 0 atom stereocenters. The Balaban J connectivity index is 2.08. The fourth-order valence-electron chi connectivity index (χ4n) is 2.36. The highest BCUT2D eigenvalue weighted by Crippen LogP contribution is 2.28. The number of carbonyl (C=O) groups excluding carboxylic acids is 1. The largest absolute Gasteiger partial charge is 0.508 e. The summed E-state index contributed by atoms with van der Waals surface area (Å²) in [6.45, 7) is 3.17. The lowest BCUT2D eigenvalue weighted by Gasteiger charge is -2.47. The lowest BCUT2D eigenvalue weighted by Crippen LogP contribution is -2.68. The van der Waals surface area contributed by atoms with E-state index in [1.54, 1.807) is 4.90 Å². The first-order valence-corrected chi connectivity index (χ1v) is 6.40. The number of halogens is 1. The predicted octanol–water partition coefficient (Wildman–Crippen LogP) is 2.00. The van der Waals surface area contributed by atoms with Crippen LogP contribution in [0.15, 0.2) is 18.2 Å². The number of phenolic OH excluding ortho intramolecular Hbond substituents is 1. The summed E-state index contributed by atoms with van der Waals surface area (Å²) in [4.78, 5) is 13.8. The molecule has 5 heteroatoms. The van der Waals surface area contributed by atoms with Gasteiger partial charge in [-0.3, -0.25) is 4.79 Å². The Morgan fingerprint density at radius 3 is 2.83 bits per heavy atom. The van der Waals surface area contributed by atoms with Gasteiger partial charge in [-0.05, 0) is 24.6 Å². The Labute approximate surface area is 111 Å². The fourth-order valence-corrected chi connectivity index (χ4v) is 2.56. The van der Waals surface area contributed by atoms with Crippen LogP contribution in [0.25, 0.3) is 0 Å². The quantitative estimate of drug-likeness (QED) is 0.881. The zero-order valence-electron chi connectivity index (χ0n) is 10.3. The number of nitrogens with zero attached hydrogens (tertiary/aromatic N) is 1. The summed E-state index contributed by atoms with van der Waals surface area (Å²) in [6.07, 6.45) is 1.91. The average molecular weight is 269 g/mol. The van der Waals surface area contributed by atoms with Crippen LogP contribution in [-0.4, -0.2) is 34.5 Å². The van der Waals surface area contributed by atoms with Crippen LogP contribution in [0.2, 0.25) is 5.02 Å². The molecule has 2 rings (SSSR count). The third-order valence-electron chi connectivity index (χ3n) is 3.23. The third-order valence-corrected chi connectivity index (χ3v) is 3.56. The van der Waals surface area contributed by atoms with E-state index in [1.165, 1.54) is 18.2 Å². The Bertz CT molecular complexity index is 470. The van der Waals surface area contributed by atoms with Gasteiger partial charge in [-0.25, -0.2) is 0 Å². The van der Waals surface area contributed by atoms with Crippen LogP contribution < -0.4 is 5.73 Å². The highest BCUT2D eigenvalue weighted by molar-refractivity contribution is 6.33. The van der Waals surface area contributed by atoms with E-state index in [-0.39, 0.29) is 17.2 Å². The molecule has 0 spiro atoms. The molecule has 4 nitrogen and oxygen atoms in total. The molecule has 1 fully saturated rings. The zero-order chi connectivity index (χ0) is 13.3. The maximum absolute atomic E-state index is 12.2. The Morgan fingerprint density at radius 1 is 1.56 bits per heavy atom. The van der Waals surface area contributed by atoms with E-state index >= 15 is 0 Å². The second kappa shape index (κ2) is 4.78. The van der Waals surface area contributed by atoms with Gasteiger partial charge >= 0.3 is 0 Å². The number of phenols is 1. The SMILES string of the molecule is CCCC1(N)CN(C(=O)c2cc(O)ccc2Cl)C1. The number of aromatic hydroxyl groups is 1. The number of amides is 1. The Morgan fingerprint density at radius 2 is 2.22 bits per heavy atom. The molecule has 0 bridgehead atoms. The van der Waals surface area contributed by atoms with Crippen LogP contribution >= 0.6 is 11.6 Å². The van der Waals surface area contributed by atoms with Crippen molar-refractivity contribution < 1.29 is 9.90 Å². The van der Waals surface area contributed by atoms with Crippen molar-refractivity contribution >= 4 is 17.5 Å². The first kappa shape index (κ1) is 13.2. The number of benzene rings is 1. The normalized spacial score (nSPS) is 17.4. The molecule has 1 amide bonds. The molecule has 1 aliphatic rings. The van der Waals surface area contributed by atoms with E-state index in [0.29, 0.717) is 23.7 Å². The van der Waals surface area contributed by atoms with Gasteiger partial charge in [0, 0.05) is 13.1 Å². The minimum Gasteiger partial charge on any atom is -0.508 e. The molecule has 1 heterocycles. The summed E-state index contributed by atoms with van der Waals surface area (Å²) in [5, 5.41) is 9.74. The van der Waals surface area contributed by atoms with Gasteiger partial charge in [0.15, 0.2) is 0 Å². The smallest absolute Gasteiger partial charge is 0.255 e. The average Bonchev–Trinajstić information content (AvgIpc) is 2.28. The number of nitrogens with two attached hydrogens (primary N) is 1. The zero-order valence-corrected chi connectivity index (χ0v) is 11.1. The number of likely N-dealkylation sites (tertiary alicyclic amines) is 1. The standard InChI is InChI=1S/C13H17ClN2O2/c1-2-5-13(15)7-16(8-13)12(18)10-6-9(17)3-4-11(10)14/h3-4,6,17H,2,5,7-8,15H2,1H3. The van der Waals surface area contributed by atoms with E-state index in [2.05, 4.69) is 6.92 Å². The summed E-state index contributed by atoms with van der Waals surface area (Å²) in [7, 11) is 0. The summed E-state index contributed by atoms with van der Waals surface area (Å²) < 4.78 is 0. The highest BCUT2D eigenvalue weighted by atomic mass is 35.5. The molecule has 18 heavy (non-hydrogen) atoms. The number of hydrogen-bond donors (Lipinski definition) is 2. The van der Waals surface area contributed by atoms with Gasteiger partial charge < -0.3 is 15.7 Å². The van der Waals surface area contributed by atoms with Crippen LogP contribution in [0.4, 0.5) is 0 Å². The molecule has 0 unspecified atom stereocenters. The van der Waals surface area contributed by atoms with Gasteiger partial charge in [0.25, 0.3) is 5.91 Å². The lowest BCUT2D eigenvalue weighted by atomic mass is 9.86. The molecular weight excluding hydrogens is 252 g/mol. The molecule has 98 valence electrons. The summed E-state index contributed by atoms with van der Waals surface area (Å²) in [6, 6.07) is 4.37. The molecule has 3 N–H and O–H groups in total. The van der Waals surface area contributed by atoms with Crippen molar-refractivity contribution in [2.24, 2.45) is 5.73 Å². The van der Waals surface area contributed by atoms with Crippen LogP contribution in [0, 0.1) is 0 Å². The van der Waals surface area contributed by atoms with Crippen molar-refractivity contribution in [3.63, 3.8) is 0 Å². The molecular formula is C13H17ClN2O2. The van der Waals surface area contributed by atoms with Crippen molar-refractivity contribution in [1.29, 1.82) is 0 Å². The van der Waals surface area contributed by atoms with Crippen LogP contribution in [0.1, 0.15) is 30.1 Å². The van der Waals surface area contributed by atoms with E-state index in [0.717, 1.165) is 12.8 Å². The third kappa shape index (κ3) is 2.44. The number of carbonyl (C=O) groups is 1. The van der Waals surface area contributed by atoms with E-state index in [1.807, 2.05) is 0 Å². The molecule has 1 saturated heterocycles. The van der Waals surface area contributed by atoms with E-state index in [9.17, 15) is 9.90 Å². The van der Waals surface area contributed by atoms with Gasteiger partial charge in [-0.1, -0.05) is 24.9 Å². The van der Waals surface area contributed by atoms with Crippen LogP contribution in [-0.2, 0) is 0 Å². The molecule has 1 aromatic rings. The summed E-state index contributed by atoms with van der Waals surface area (Å²) in [5.41, 5.74) is 6.18. The van der Waals surface area contributed by atoms with Crippen molar-refractivity contribution in [1.82, 2.24) is 4.90 Å². The Kier molecular flexibility index (Phi) is 3.50. The second-order valence-electron chi connectivity index (χ2n) is 4.94. The minimum atomic E-state index is -0.256. The predicted molar refractivity (Wildman–Crippen MR) is 70.8 cm³/mol. The van der Waals surface area contributed by atoms with Gasteiger partial charge in [0.05, 0.1) is 16.1 Å². The summed E-state index contributed by atoms with van der Waals surface area (Å²) in [5.74, 6) is -0.135. The van der Waals surface area contributed by atoms with Crippen molar-refractivity contribution in [3.05, 3.63) is 28.8 Å². The fraction of sp³-hybridized carbons (Fsp3) is 0.462. The number of rotatable bonds is 3. The molecule has 0 saturated carbocycles. The van der Waals surface area contributed by atoms with Crippen molar-refractivity contribution in [2.75, 3.05) is 13.1 Å². The molecule has 1 aliphatic heterocycles. The van der Waals surface area contributed by atoms with Gasteiger partial charge in [0.2, 0.25) is 0 Å². The molecule has 0 radical (unpaired) electrons. The first-order chi connectivity index (χ1) is 8.45. The maximum Gasteiger partial charge on any atom is 0.255 e. The van der Waals surface area contributed by atoms with Crippen LogP contribution in [0.3, 0.4) is 0 Å². The number of hydrogen-bond acceptors (Lipinski definition) is 3. The van der Waals surface area contributed by atoms with Crippen molar-refractivity contribution in [2.45, 2.75) is 25.3 Å². The van der Waals surface area contributed by atoms with Gasteiger partial charge in [0.1, 0.15) is 5.75 Å². The molecule has 0 aromatic heterocycles. The second-order valence-corrected chi connectivity index (χ2v) is 5.34. The monoisotopic (exact) mass is 268 g/mol. The van der Waals surface area contributed by atoms with Crippen LogP contribution in [0.5, 0.6) is 5.75 Å². The van der Waals surface area contributed by atoms with Gasteiger partial charge in [-0.2, -0.15) is 0 Å². The first-order valence-electron chi connectivity index (χ1n) is 6.02. The highest BCUT2D eigenvalue weighted by Gasteiger charge is 2.41.